The number of carbonyl (C=O) groups is 1. The minimum absolute atomic E-state index is 0.0116. The van der Waals surface area contributed by atoms with Gasteiger partial charge in [0.15, 0.2) is 0 Å². The zero-order valence-electron chi connectivity index (χ0n) is 25.0. The summed E-state index contributed by atoms with van der Waals surface area (Å²) in [4.78, 5) is 54.0. The lowest BCUT2D eigenvalue weighted by atomic mass is 10.1. The summed E-state index contributed by atoms with van der Waals surface area (Å²) in [6.07, 6.45) is 1.43. The molecule has 1 aliphatic carbocycles. The van der Waals surface area contributed by atoms with E-state index < -0.39 is 22.6 Å². The molecular weight excluding hydrogens is 553 g/mol. The highest BCUT2D eigenvalue weighted by atomic mass is 19.1. The van der Waals surface area contributed by atoms with Crippen molar-refractivity contribution in [2.45, 2.75) is 59.0 Å². The molecule has 1 saturated carbocycles. The Labute approximate surface area is 247 Å². The molecule has 226 valence electrons. The first-order valence-electron chi connectivity index (χ1n) is 14.5. The molecule has 3 heterocycles. The second kappa shape index (κ2) is 12.0. The summed E-state index contributed by atoms with van der Waals surface area (Å²) in [7, 11) is 1.51. The van der Waals surface area contributed by atoms with E-state index in [-0.39, 0.29) is 52.4 Å². The van der Waals surface area contributed by atoms with Crippen molar-refractivity contribution in [3.05, 3.63) is 96.2 Å². The van der Waals surface area contributed by atoms with E-state index in [1.54, 1.807) is 50.2 Å². The zero-order valence-corrected chi connectivity index (χ0v) is 25.0. The average Bonchev–Trinajstić information content (AvgIpc) is 3.79. The van der Waals surface area contributed by atoms with E-state index in [0.717, 1.165) is 5.56 Å². The molecule has 2 aromatic carbocycles. The molecule has 1 aliphatic heterocycles. The van der Waals surface area contributed by atoms with Gasteiger partial charge in [-0.1, -0.05) is 32.0 Å². The number of hydrogen-bond donors (Lipinski definition) is 2. The third kappa shape index (κ3) is 5.64. The number of nitrogens with one attached hydrogen (secondary N) is 2. The summed E-state index contributed by atoms with van der Waals surface area (Å²) < 4.78 is 23.9. The molecule has 10 nitrogen and oxygen atoms in total. The molecule has 1 amide bonds. The normalized spacial score (nSPS) is 14.6. The molecule has 0 spiro atoms. The lowest BCUT2D eigenvalue weighted by Crippen LogP contribution is -2.49. The van der Waals surface area contributed by atoms with Crippen molar-refractivity contribution >= 4 is 28.3 Å². The smallest absolute Gasteiger partial charge is 0.336 e. The van der Waals surface area contributed by atoms with E-state index in [1.807, 2.05) is 13.8 Å². The Balaban J connectivity index is 0.00000180. The van der Waals surface area contributed by atoms with Crippen LogP contribution < -0.4 is 27.4 Å². The van der Waals surface area contributed by atoms with Gasteiger partial charge in [-0.15, -0.1) is 0 Å². The molecule has 0 radical (unpaired) electrons. The minimum atomic E-state index is -0.568. The molecule has 4 aromatic rings. The lowest BCUT2D eigenvalue weighted by Gasteiger charge is -2.26. The number of benzene rings is 2. The summed E-state index contributed by atoms with van der Waals surface area (Å²) in [5.74, 6) is -0.626. The van der Waals surface area contributed by atoms with Gasteiger partial charge in [0.1, 0.15) is 17.0 Å². The van der Waals surface area contributed by atoms with Gasteiger partial charge in [0.05, 0.1) is 42.6 Å². The number of amides is 1. The van der Waals surface area contributed by atoms with Crippen LogP contribution in [0.1, 0.15) is 49.4 Å². The van der Waals surface area contributed by atoms with Gasteiger partial charge in [0.2, 0.25) is 5.91 Å². The molecule has 0 atom stereocenters. The number of rotatable bonds is 7. The first-order chi connectivity index (χ1) is 20.6. The molecule has 0 bridgehead atoms. The Morgan fingerprint density at radius 1 is 1.02 bits per heavy atom. The Hall–Kier alpha value is -4.51. The number of carbonyl (C=O) groups excluding carboxylic acids is 1. The van der Waals surface area contributed by atoms with Crippen LogP contribution in [0.5, 0.6) is 0 Å². The SMILES string of the molecule is CC.Cc1ccc(Nc2c3c(=O)n(C4CC4)c(=O)n(-c4cccc(CC(=O)NC5COC5)c4)c3c(C)c(=O)n2C)c(F)c1. The number of aromatic nitrogens is 3. The Morgan fingerprint density at radius 3 is 2.37 bits per heavy atom. The van der Waals surface area contributed by atoms with Crippen LogP contribution >= 0.6 is 0 Å². The molecular formula is C32H36FN5O5. The van der Waals surface area contributed by atoms with Gasteiger partial charge >= 0.3 is 5.69 Å². The maximum Gasteiger partial charge on any atom is 0.336 e. The molecule has 0 unspecified atom stereocenters. The average molecular weight is 590 g/mol. The van der Waals surface area contributed by atoms with Gasteiger partial charge in [-0.05, 0) is 62.1 Å². The molecule has 2 aliphatic rings. The fraction of sp³-hybridized carbons (Fsp3) is 0.375. The van der Waals surface area contributed by atoms with Crippen LogP contribution in [0, 0.1) is 19.7 Å². The van der Waals surface area contributed by atoms with Crippen LogP contribution in [0.15, 0.2) is 56.8 Å². The second-order valence-corrected chi connectivity index (χ2v) is 10.8. The van der Waals surface area contributed by atoms with Gasteiger partial charge in [0.25, 0.3) is 11.1 Å². The number of fused-ring (bicyclic) bond motifs is 1. The number of aryl methyl sites for hydroxylation is 2. The molecule has 6 rings (SSSR count). The third-order valence-electron chi connectivity index (χ3n) is 7.67. The van der Waals surface area contributed by atoms with Crippen molar-refractivity contribution in [3.8, 4) is 5.69 Å². The van der Waals surface area contributed by atoms with Gasteiger partial charge in [-0.2, -0.15) is 0 Å². The van der Waals surface area contributed by atoms with E-state index in [2.05, 4.69) is 10.6 Å². The van der Waals surface area contributed by atoms with Crippen molar-refractivity contribution < 1.29 is 13.9 Å². The van der Waals surface area contributed by atoms with Gasteiger partial charge in [-0.25, -0.2) is 9.18 Å². The standard InChI is InChI=1S/C30H30FN5O5.C2H6/c1-16-7-10-23(22(31)11-16)33-27-25-26(17(2)28(38)34(27)3)35(30(40)36(29(25)39)20-8-9-20)21-6-4-5-18(12-21)13-24(37)32-19-14-41-15-19;1-2/h4-7,10-12,19-20,33H,8-9,13-15H2,1-3H3,(H,32,37);1-2H3. The highest BCUT2D eigenvalue weighted by Crippen LogP contribution is 2.34. The van der Waals surface area contributed by atoms with E-state index >= 15 is 0 Å². The number of anilines is 2. The van der Waals surface area contributed by atoms with Crippen molar-refractivity contribution in [1.82, 2.24) is 19.0 Å². The Kier molecular flexibility index (Phi) is 8.36. The fourth-order valence-electron chi connectivity index (χ4n) is 5.29. The predicted molar refractivity (Wildman–Crippen MR) is 164 cm³/mol. The summed E-state index contributed by atoms with van der Waals surface area (Å²) in [5, 5.41) is 5.97. The summed E-state index contributed by atoms with van der Waals surface area (Å²) in [6.45, 7) is 8.28. The second-order valence-electron chi connectivity index (χ2n) is 10.8. The van der Waals surface area contributed by atoms with E-state index in [0.29, 0.717) is 37.3 Å². The monoisotopic (exact) mass is 589 g/mol. The number of nitrogens with zero attached hydrogens (tertiary/aromatic N) is 3. The van der Waals surface area contributed by atoms with Crippen LogP contribution in [-0.2, 0) is 23.0 Å². The highest BCUT2D eigenvalue weighted by Gasteiger charge is 2.32. The molecule has 1 saturated heterocycles. The predicted octanol–water partition coefficient (Wildman–Crippen LogP) is 3.77. The van der Waals surface area contributed by atoms with Crippen molar-refractivity contribution in [2.75, 3.05) is 18.5 Å². The maximum atomic E-state index is 14.9. The van der Waals surface area contributed by atoms with E-state index in [4.69, 9.17) is 4.74 Å². The Morgan fingerprint density at radius 2 is 1.74 bits per heavy atom. The van der Waals surface area contributed by atoms with Crippen LogP contribution in [0.2, 0.25) is 0 Å². The topological polar surface area (TPSA) is 116 Å². The zero-order chi connectivity index (χ0) is 31.0. The number of hydrogen-bond acceptors (Lipinski definition) is 6. The van der Waals surface area contributed by atoms with Crippen molar-refractivity contribution in [1.29, 1.82) is 0 Å². The van der Waals surface area contributed by atoms with E-state index in [1.165, 1.54) is 26.8 Å². The number of ether oxygens (including phenoxy) is 1. The summed E-state index contributed by atoms with van der Waals surface area (Å²) in [6, 6.07) is 11.3. The molecule has 43 heavy (non-hydrogen) atoms. The fourth-order valence-corrected chi connectivity index (χ4v) is 5.29. The van der Waals surface area contributed by atoms with Crippen LogP contribution in [0.25, 0.3) is 16.6 Å². The lowest BCUT2D eigenvalue weighted by molar-refractivity contribution is -0.124. The quantitative estimate of drug-likeness (QED) is 0.339. The van der Waals surface area contributed by atoms with Gasteiger partial charge in [-0.3, -0.25) is 28.1 Å². The molecule has 2 aromatic heterocycles. The number of halogens is 1. The summed E-state index contributed by atoms with van der Waals surface area (Å²) in [5.41, 5.74) is 0.665. The molecule has 11 heteroatoms. The van der Waals surface area contributed by atoms with Crippen LogP contribution in [-0.4, -0.2) is 38.9 Å². The first kappa shape index (κ1) is 30.0. The summed E-state index contributed by atoms with van der Waals surface area (Å²) >= 11 is 0. The van der Waals surface area contributed by atoms with Gasteiger partial charge < -0.3 is 15.4 Å². The van der Waals surface area contributed by atoms with Crippen LogP contribution in [0.3, 0.4) is 0 Å². The number of pyridine rings is 1. The first-order valence-corrected chi connectivity index (χ1v) is 14.5. The highest BCUT2D eigenvalue weighted by molar-refractivity contribution is 5.93. The van der Waals surface area contributed by atoms with Crippen molar-refractivity contribution in [2.24, 2.45) is 7.05 Å². The molecule has 2 fully saturated rings. The third-order valence-corrected chi connectivity index (χ3v) is 7.67. The largest absolute Gasteiger partial charge is 0.377 e. The van der Waals surface area contributed by atoms with Crippen LogP contribution in [0.4, 0.5) is 15.9 Å². The Bertz CT molecular complexity index is 1900. The van der Waals surface area contributed by atoms with Crippen molar-refractivity contribution in [3.63, 3.8) is 0 Å². The van der Waals surface area contributed by atoms with Gasteiger partial charge in [0, 0.05) is 18.7 Å². The van der Waals surface area contributed by atoms with E-state index in [9.17, 15) is 23.6 Å². The minimum Gasteiger partial charge on any atom is -0.377 e. The maximum absolute atomic E-state index is 14.9. The molecule has 2 N–H and O–H groups in total.